The molecule has 0 heterocycles. The van der Waals surface area contributed by atoms with Crippen LogP contribution in [-0.2, 0) is 28.6 Å². The molecule has 0 saturated heterocycles. The molecule has 32 heavy (non-hydrogen) atoms. The second-order valence-electron chi connectivity index (χ2n) is 8.42. The summed E-state index contributed by atoms with van der Waals surface area (Å²) < 4.78 is 13.7. The van der Waals surface area contributed by atoms with E-state index in [0.29, 0.717) is 32.7 Å². The lowest BCUT2D eigenvalue weighted by atomic mass is 10.1. The molecule has 0 atom stereocenters. The first kappa shape index (κ1) is 33.0. The van der Waals surface area contributed by atoms with Crippen LogP contribution < -0.4 is 0 Å². The zero-order chi connectivity index (χ0) is 25.2. The Labute approximate surface area is 210 Å². The zero-order valence-electron chi connectivity index (χ0n) is 20.3. The van der Waals surface area contributed by atoms with Gasteiger partial charge in [0.2, 0.25) is 0 Å². The van der Waals surface area contributed by atoms with Gasteiger partial charge in [-0.05, 0) is 66.7 Å². The Balaban J connectivity index is 0. The number of rotatable bonds is 15. The Bertz CT molecular complexity index is 588. The van der Waals surface area contributed by atoms with Gasteiger partial charge in [0, 0.05) is 6.08 Å². The summed E-state index contributed by atoms with van der Waals surface area (Å²) >= 11 is 6.47. The molecule has 0 aromatic rings. The van der Waals surface area contributed by atoms with Crippen LogP contribution in [0.1, 0.15) is 79.6 Å². The van der Waals surface area contributed by atoms with Gasteiger partial charge in [-0.2, -0.15) is 0 Å². The van der Waals surface area contributed by atoms with E-state index in [1.165, 1.54) is 18.4 Å². The number of allylic oxidation sites excluding steroid dienone is 1. The molecular weight excluding hydrogens is 544 g/mol. The molecule has 0 rings (SSSR count). The fourth-order valence-corrected chi connectivity index (χ4v) is 2.22. The number of hydrogen-bond acceptors (Lipinski definition) is 6. The highest BCUT2D eigenvalue weighted by atomic mass is 79.9. The standard InChI is InChI=1S/C13H23BrO2.C11H17BrO4/c1-11(2)9-7-5-6-8-10-16-12(15)13(3,4)14;1-4-9(13)15-7-5-6-8-16-10(14)11(2,3)12/h1,5-10H2,2-4H3;4H,1,5-8H2,2-3H3. The molecule has 0 aliphatic rings. The lowest BCUT2D eigenvalue weighted by Gasteiger charge is -2.14. The molecule has 0 spiro atoms. The Kier molecular flexibility index (Phi) is 18.9. The molecule has 0 aromatic heterocycles. The molecule has 6 nitrogen and oxygen atoms in total. The van der Waals surface area contributed by atoms with E-state index in [4.69, 9.17) is 14.2 Å². The van der Waals surface area contributed by atoms with Gasteiger partial charge in [0.1, 0.15) is 8.65 Å². The minimum Gasteiger partial charge on any atom is -0.465 e. The number of hydrogen-bond donors (Lipinski definition) is 0. The molecular formula is C24H40Br2O6. The van der Waals surface area contributed by atoms with Crippen molar-refractivity contribution in [1.29, 1.82) is 0 Å². The Hall–Kier alpha value is -1.15. The highest BCUT2D eigenvalue weighted by Gasteiger charge is 2.25. The van der Waals surface area contributed by atoms with Crippen molar-refractivity contribution in [3.63, 3.8) is 0 Å². The summed E-state index contributed by atoms with van der Waals surface area (Å²) in [4.78, 5) is 33.3. The Morgan fingerprint density at radius 2 is 1.12 bits per heavy atom. The van der Waals surface area contributed by atoms with Gasteiger partial charge >= 0.3 is 17.9 Å². The van der Waals surface area contributed by atoms with Crippen LogP contribution in [0.3, 0.4) is 0 Å². The number of carbonyl (C=O) groups is 3. The van der Waals surface area contributed by atoms with Crippen molar-refractivity contribution in [2.75, 3.05) is 19.8 Å². The second kappa shape index (κ2) is 18.3. The maximum Gasteiger partial charge on any atom is 0.330 e. The van der Waals surface area contributed by atoms with E-state index in [0.717, 1.165) is 25.3 Å². The van der Waals surface area contributed by atoms with Crippen molar-refractivity contribution in [3.05, 3.63) is 24.8 Å². The van der Waals surface area contributed by atoms with Crippen LogP contribution in [0, 0.1) is 0 Å². The van der Waals surface area contributed by atoms with Crippen molar-refractivity contribution in [2.45, 2.75) is 88.2 Å². The number of halogens is 2. The van der Waals surface area contributed by atoms with Gasteiger partial charge in [0.25, 0.3) is 0 Å². The predicted molar refractivity (Wildman–Crippen MR) is 136 cm³/mol. The van der Waals surface area contributed by atoms with Gasteiger partial charge in [0.15, 0.2) is 0 Å². The van der Waals surface area contributed by atoms with E-state index in [1.54, 1.807) is 27.7 Å². The van der Waals surface area contributed by atoms with Gasteiger partial charge in [0.05, 0.1) is 19.8 Å². The normalized spacial score (nSPS) is 11.0. The van der Waals surface area contributed by atoms with E-state index >= 15 is 0 Å². The monoisotopic (exact) mass is 582 g/mol. The van der Waals surface area contributed by atoms with Crippen molar-refractivity contribution >= 4 is 49.8 Å². The molecule has 0 unspecified atom stereocenters. The van der Waals surface area contributed by atoms with Crippen LogP contribution in [0.5, 0.6) is 0 Å². The van der Waals surface area contributed by atoms with Crippen molar-refractivity contribution in [1.82, 2.24) is 0 Å². The van der Waals surface area contributed by atoms with Crippen LogP contribution in [-0.4, -0.2) is 46.4 Å². The summed E-state index contributed by atoms with van der Waals surface area (Å²) in [6, 6.07) is 0. The minimum atomic E-state index is -0.650. The van der Waals surface area contributed by atoms with Crippen molar-refractivity contribution in [3.8, 4) is 0 Å². The molecule has 0 aromatic carbocycles. The first-order valence-electron chi connectivity index (χ1n) is 10.9. The summed E-state index contributed by atoms with van der Waals surface area (Å²) in [6.07, 6.45) is 7.99. The maximum atomic E-state index is 11.4. The van der Waals surface area contributed by atoms with Crippen LogP contribution in [0.4, 0.5) is 0 Å². The summed E-state index contributed by atoms with van der Waals surface area (Å²) in [5.74, 6) is -0.913. The molecule has 0 bridgehead atoms. The van der Waals surface area contributed by atoms with Crippen molar-refractivity contribution < 1.29 is 28.6 Å². The highest BCUT2D eigenvalue weighted by molar-refractivity contribution is 9.10. The first-order chi connectivity index (χ1) is 14.7. The number of carbonyl (C=O) groups excluding carboxylic acids is 3. The summed E-state index contributed by atoms with van der Waals surface area (Å²) in [6.45, 7) is 17.4. The smallest absolute Gasteiger partial charge is 0.330 e. The Morgan fingerprint density at radius 3 is 1.50 bits per heavy atom. The molecule has 0 amide bonds. The van der Waals surface area contributed by atoms with Crippen molar-refractivity contribution in [2.24, 2.45) is 0 Å². The second-order valence-corrected chi connectivity index (χ2v) is 12.4. The zero-order valence-corrected chi connectivity index (χ0v) is 23.4. The van der Waals surface area contributed by atoms with Crippen LogP contribution in [0.25, 0.3) is 0 Å². The summed E-state index contributed by atoms with van der Waals surface area (Å²) in [5.41, 5.74) is 1.24. The van der Waals surface area contributed by atoms with Gasteiger partial charge in [-0.15, -0.1) is 6.58 Å². The number of esters is 3. The summed E-state index contributed by atoms with van der Waals surface area (Å²) in [7, 11) is 0. The lowest BCUT2D eigenvalue weighted by molar-refractivity contribution is -0.146. The van der Waals surface area contributed by atoms with Crippen LogP contribution >= 0.6 is 31.9 Å². The third-order valence-electron chi connectivity index (χ3n) is 3.88. The molecule has 0 N–H and O–H groups in total. The SMILES string of the molecule is C=C(C)CCCCCCOC(=O)C(C)(C)Br.C=CC(=O)OCCCCOC(=O)C(C)(C)Br. The first-order valence-corrected chi connectivity index (χ1v) is 12.5. The number of alkyl halides is 2. The van der Waals surface area contributed by atoms with E-state index < -0.39 is 14.6 Å². The highest BCUT2D eigenvalue weighted by Crippen LogP contribution is 2.18. The quantitative estimate of drug-likeness (QED) is 0.0551. The van der Waals surface area contributed by atoms with Crippen LogP contribution in [0.15, 0.2) is 24.8 Å². The van der Waals surface area contributed by atoms with Gasteiger partial charge in [-0.25, -0.2) is 4.79 Å². The predicted octanol–water partition coefficient (Wildman–Crippen LogP) is 6.44. The van der Waals surface area contributed by atoms with Gasteiger partial charge < -0.3 is 14.2 Å². The van der Waals surface area contributed by atoms with Gasteiger partial charge in [-0.1, -0.05) is 56.9 Å². The largest absolute Gasteiger partial charge is 0.465 e. The molecule has 0 aliphatic carbocycles. The molecule has 0 fully saturated rings. The lowest BCUT2D eigenvalue weighted by Crippen LogP contribution is -2.26. The topological polar surface area (TPSA) is 78.9 Å². The third kappa shape index (κ3) is 22.1. The molecule has 186 valence electrons. The summed E-state index contributed by atoms with van der Waals surface area (Å²) in [5, 5.41) is 0. The average Bonchev–Trinajstić information content (AvgIpc) is 2.68. The maximum absolute atomic E-state index is 11.4. The fourth-order valence-electron chi connectivity index (χ4n) is 1.99. The molecule has 8 heteroatoms. The van der Waals surface area contributed by atoms with E-state index in [2.05, 4.69) is 51.9 Å². The van der Waals surface area contributed by atoms with E-state index in [-0.39, 0.29) is 11.9 Å². The molecule has 0 saturated carbocycles. The van der Waals surface area contributed by atoms with E-state index in [9.17, 15) is 14.4 Å². The fraction of sp³-hybridized carbons (Fsp3) is 0.708. The number of unbranched alkanes of at least 4 members (excludes halogenated alkanes) is 4. The number of ether oxygens (including phenoxy) is 3. The molecule has 0 aliphatic heterocycles. The molecule has 0 radical (unpaired) electrons. The average molecular weight is 584 g/mol. The van der Waals surface area contributed by atoms with E-state index in [1.807, 2.05) is 0 Å². The van der Waals surface area contributed by atoms with Crippen LogP contribution in [0.2, 0.25) is 0 Å². The van der Waals surface area contributed by atoms with Gasteiger partial charge in [-0.3, -0.25) is 9.59 Å². The Morgan fingerprint density at radius 1 is 0.750 bits per heavy atom. The minimum absolute atomic E-state index is 0.186. The third-order valence-corrected chi connectivity index (χ3v) is 4.53.